The van der Waals surface area contributed by atoms with Gasteiger partial charge in [-0.1, -0.05) is 65.1 Å². The third-order valence-corrected chi connectivity index (χ3v) is 5.43. The molecule has 30 heavy (non-hydrogen) atoms. The van der Waals surface area contributed by atoms with Crippen LogP contribution in [0.2, 0.25) is 15.1 Å². The molecule has 0 aliphatic heterocycles. The molecule has 0 unspecified atom stereocenters. The molecule has 1 heterocycles. The fourth-order valence-electron chi connectivity index (χ4n) is 3.22. The first-order valence-electron chi connectivity index (χ1n) is 9.08. The number of halogens is 3. The second-order valence-corrected chi connectivity index (χ2v) is 7.92. The Bertz CT molecular complexity index is 1220. The van der Waals surface area contributed by atoms with Crippen molar-refractivity contribution in [1.82, 2.24) is 9.55 Å². The van der Waals surface area contributed by atoms with Crippen LogP contribution in [0, 0.1) is 0 Å². The van der Waals surface area contributed by atoms with Crippen molar-refractivity contribution < 1.29 is 4.79 Å². The quantitative estimate of drug-likeness (QED) is 0.360. The van der Waals surface area contributed by atoms with E-state index in [0.29, 0.717) is 32.0 Å². The number of hydrogen-bond donors (Lipinski definition) is 1. The van der Waals surface area contributed by atoms with Crippen molar-refractivity contribution in [2.75, 3.05) is 5.32 Å². The Balaban J connectivity index is 1.86. The molecule has 150 valence electrons. The summed E-state index contributed by atoms with van der Waals surface area (Å²) in [5.41, 5.74) is 3.55. The second-order valence-electron chi connectivity index (χ2n) is 6.64. The zero-order valence-electron chi connectivity index (χ0n) is 15.9. The number of para-hydroxylation sites is 1. The van der Waals surface area contributed by atoms with Gasteiger partial charge in [0.25, 0.3) is 5.91 Å². The number of amides is 1. The molecular formula is C23H16Cl3N3O. The number of carbonyl (C=O) groups is 1. The lowest BCUT2D eigenvalue weighted by Crippen LogP contribution is -2.17. The Hall–Kier alpha value is -2.79. The van der Waals surface area contributed by atoms with Crippen LogP contribution in [0.1, 0.15) is 10.6 Å². The molecule has 0 bridgehead atoms. The molecule has 0 aliphatic rings. The van der Waals surface area contributed by atoms with E-state index < -0.39 is 0 Å². The van der Waals surface area contributed by atoms with E-state index in [1.165, 1.54) is 0 Å². The summed E-state index contributed by atoms with van der Waals surface area (Å²) in [5.74, 6) is -0.0694. The summed E-state index contributed by atoms with van der Waals surface area (Å²) in [6.45, 7) is 0. The van der Waals surface area contributed by atoms with Crippen LogP contribution >= 0.6 is 34.8 Å². The fraction of sp³-hybridized carbons (Fsp3) is 0.0435. The maximum Gasteiger partial charge on any atom is 0.291 e. The average molecular weight is 457 g/mol. The molecule has 0 fully saturated rings. The van der Waals surface area contributed by atoms with Gasteiger partial charge in [0, 0.05) is 33.9 Å². The lowest BCUT2D eigenvalue weighted by atomic mass is 10.0. The van der Waals surface area contributed by atoms with Crippen molar-refractivity contribution in [2.45, 2.75) is 0 Å². The Morgan fingerprint density at radius 1 is 0.900 bits per heavy atom. The molecule has 3 aromatic carbocycles. The first kappa shape index (κ1) is 20.5. The summed E-state index contributed by atoms with van der Waals surface area (Å²) in [5, 5.41) is 4.47. The zero-order chi connectivity index (χ0) is 21.3. The largest absolute Gasteiger partial charge is 0.322 e. The molecule has 4 aromatic rings. The Morgan fingerprint density at radius 2 is 1.57 bits per heavy atom. The first-order chi connectivity index (χ1) is 14.4. The van der Waals surface area contributed by atoms with E-state index in [2.05, 4.69) is 10.3 Å². The van der Waals surface area contributed by atoms with Crippen molar-refractivity contribution in [2.24, 2.45) is 7.05 Å². The van der Waals surface area contributed by atoms with Crippen LogP contribution in [0.25, 0.3) is 22.5 Å². The maximum atomic E-state index is 13.0. The van der Waals surface area contributed by atoms with Crippen molar-refractivity contribution in [3.63, 3.8) is 0 Å². The van der Waals surface area contributed by atoms with Crippen molar-refractivity contribution in [1.29, 1.82) is 0 Å². The molecule has 0 saturated heterocycles. The predicted octanol–water partition coefficient (Wildman–Crippen LogP) is 6.97. The smallest absolute Gasteiger partial charge is 0.291 e. The van der Waals surface area contributed by atoms with Crippen LogP contribution in [0.3, 0.4) is 0 Å². The first-order valence-corrected chi connectivity index (χ1v) is 10.2. The molecule has 7 heteroatoms. The molecule has 0 spiro atoms. The second kappa shape index (κ2) is 8.52. The molecule has 0 saturated carbocycles. The number of benzene rings is 3. The zero-order valence-corrected chi connectivity index (χ0v) is 18.1. The standard InChI is InChI=1S/C23H16Cl3N3O/c1-29-21(14-7-9-15(24)10-8-14)20(18-12-11-16(25)13-19(18)26)28-22(29)23(30)27-17-5-3-2-4-6-17/h2-13H,1H3,(H,27,30). The molecule has 4 rings (SSSR count). The summed E-state index contributed by atoms with van der Waals surface area (Å²) in [7, 11) is 1.80. The highest BCUT2D eigenvalue weighted by Gasteiger charge is 2.23. The highest BCUT2D eigenvalue weighted by atomic mass is 35.5. The van der Waals surface area contributed by atoms with Gasteiger partial charge < -0.3 is 9.88 Å². The summed E-state index contributed by atoms with van der Waals surface area (Å²) in [4.78, 5) is 17.6. The van der Waals surface area contributed by atoms with Gasteiger partial charge in [0.1, 0.15) is 0 Å². The molecule has 1 N–H and O–H groups in total. The van der Waals surface area contributed by atoms with E-state index in [-0.39, 0.29) is 11.7 Å². The molecule has 1 aromatic heterocycles. The fourth-order valence-corrected chi connectivity index (χ4v) is 3.84. The van der Waals surface area contributed by atoms with Gasteiger partial charge in [-0.05, 0) is 42.5 Å². The number of nitrogens with zero attached hydrogens (tertiary/aromatic N) is 2. The van der Waals surface area contributed by atoms with Crippen molar-refractivity contribution in [3.8, 4) is 22.5 Å². The SMILES string of the molecule is Cn1c(C(=O)Nc2ccccc2)nc(-c2ccc(Cl)cc2Cl)c1-c1ccc(Cl)cc1. The highest BCUT2D eigenvalue weighted by molar-refractivity contribution is 6.36. The van der Waals surface area contributed by atoms with Crippen LogP contribution in [0.5, 0.6) is 0 Å². The van der Waals surface area contributed by atoms with Gasteiger partial charge in [0.05, 0.1) is 16.4 Å². The number of nitrogens with one attached hydrogen (secondary N) is 1. The molecule has 1 amide bonds. The molecule has 0 atom stereocenters. The van der Waals surface area contributed by atoms with Gasteiger partial charge in [-0.15, -0.1) is 0 Å². The van der Waals surface area contributed by atoms with Gasteiger partial charge >= 0.3 is 0 Å². The maximum absolute atomic E-state index is 13.0. The summed E-state index contributed by atoms with van der Waals surface area (Å²) in [6, 6.07) is 21.8. The van der Waals surface area contributed by atoms with Gasteiger partial charge in [-0.3, -0.25) is 4.79 Å². The lowest BCUT2D eigenvalue weighted by Gasteiger charge is -2.09. The van der Waals surface area contributed by atoms with E-state index in [1.54, 1.807) is 41.9 Å². The molecule has 0 radical (unpaired) electrons. The minimum Gasteiger partial charge on any atom is -0.322 e. The average Bonchev–Trinajstić information content (AvgIpc) is 3.06. The number of aromatic nitrogens is 2. The van der Waals surface area contributed by atoms with Crippen LogP contribution in [-0.4, -0.2) is 15.5 Å². The number of rotatable bonds is 4. The van der Waals surface area contributed by atoms with E-state index in [9.17, 15) is 4.79 Å². The number of carbonyl (C=O) groups excluding carboxylic acids is 1. The van der Waals surface area contributed by atoms with Crippen LogP contribution in [0.15, 0.2) is 72.8 Å². The van der Waals surface area contributed by atoms with Gasteiger partial charge in [0.15, 0.2) is 5.82 Å². The Morgan fingerprint density at radius 3 is 2.23 bits per heavy atom. The van der Waals surface area contributed by atoms with Crippen LogP contribution in [-0.2, 0) is 7.05 Å². The number of hydrogen-bond acceptors (Lipinski definition) is 2. The van der Waals surface area contributed by atoms with E-state index >= 15 is 0 Å². The van der Waals surface area contributed by atoms with Crippen molar-refractivity contribution in [3.05, 3.63) is 93.7 Å². The summed E-state index contributed by atoms with van der Waals surface area (Å²) >= 11 is 18.6. The lowest BCUT2D eigenvalue weighted by molar-refractivity contribution is 0.101. The molecule has 4 nitrogen and oxygen atoms in total. The van der Waals surface area contributed by atoms with Crippen LogP contribution < -0.4 is 5.32 Å². The number of anilines is 1. The minimum absolute atomic E-state index is 0.254. The topological polar surface area (TPSA) is 46.9 Å². The minimum atomic E-state index is -0.324. The van der Waals surface area contributed by atoms with Gasteiger partial charge in [-0.25, -0.2) is 4.98 Å². The van der Waals surface area contributed by atoms with E-state index in [1.807, 2.05) is 42.5 Å². The molecular weight excluding hydrogens is 441 g/mol. The third kappa shape index (κ3) is 4.08. The van der Waals surface area contributed by atoms with E-state index in [0.717, 1.165) is 11.3 Å². The third-order valence-electron chi connectivity index (χ3n) is 4.63. The van der Waals surface area contributed by atoms with Crippen molar-refractivity contribution >= 4 is 46.4 Å². The monoisotopic (exact) mass is 455 g/mol. The predicted molar refractivity (Wildman–Crippen MR) is 124 cm³/mol. The Labute approximate surface area is 189 Å². The number of imidazole rings is 1. The van der Waals surface area contributed by atoms with Crippen LogP contribution in [0.4, 0.5) is 5.69 Å². The summed E-state index contributed by atoms with van der Waals surface area (Å²) in [6.07, 6.45) is 0. The van der Waals surface area contributed by atoms with Gasteiger partial charge in [-0.2, -0.15) is 0 Å². The normalized spacial score (nSPS) is 10.8. The van der Waals surface area contributed by atoms with Gasteiger partial charge in [0.2, 0.25) is 0 Å². The Kier molecular flexibility index (Phi) is 5.82. The van der Waals surface area contributed by atoms with E-state index in [4.69, 9.17) is 34.8 Å². The highest BCUT2D eigenvalue weighted by Crippen LogP contribution is 2.37. The summed E-state index contributed by atoms with van der Waals surface area (Å²) < 4.78 is 1.75. The molecule has 0 aliphatic carbocycles.